The van der Waals surface area contributed by atoms with Gasteiger partial charge in [0.15, 0.2) is 6.19 Å². The zero-order chi connectivity index (χ0) is 9.84. The minimum absolute atomic E-state index is 0. The SMILES string of the molecule is CN=C(NC#N)N1CC(C)C(C)=N1.[HH]. The maximum Gasteiger partial charge on any atom is 0.227 e. The molecule has 0 amide bonds. The average molecular weight is 181 g/mol. The Balaban J connectivity index is 0.00000169. The monoisotopic (exact) mass is 181 g/mol. The van der Waals surface area contributed by atoms with Crippen LogP contribution in [0.4, 0.5) is 0 Å². The van der Waals surface area contributed by atoms with E-state index in [0.29, 0.717) is 11.9 Å². The van der Waals surface area contributed by atoms with Crippen molar-refractivity contribution in [3.63, 3.8) is 0 Å². The number of hydrogen-bond acceptors (Lipinski definition) is 3. The molecule has 72 valence electrons. The first-order valence-electron chi connectivity index (χ1n) is 4.13. The molecule has 0 aliphatic carbocycles. The van der Waals surface area contributed by atoms with Crippen LogP contribution in [0.2, 0.25) is 0 Å². The second-order valence-electron chi connectivity index (χ2n) is 3.01. The van der Waals surface area contributed by atoms with E-state index in [4.69, 9.17) is 5.26 Å². The van der Waals surface area contributed by atoms with Gasteiger partial charge < -0.3 is 0 Å². The topological polar surface area (TPSA) is 63.8 Å². The van der Waals surface area contributed by atoms with Gasteiger partial charge in [-0.2, -0.15) is 10.4 Å². The van der Waals surface area contributed by atoms with Crippen molar-refractivity contribution in [2.45, 2.75) is 13.8 Å². The van der Waals surface area contributed by atoms with Crippen LogP contribution in [0.3, 0.4) is 0 Å². The molecule has 0 aromatic rings. The Morgan fingerprint density at radius 2 is 2.62 bits per heavy atom. The number of nitriles is 1. The fourth-order valence-corrected chi connectivity index (χ4v) is 1.14. The van der Waals surface area contributed by atoms with Gasteiger partial charge in [-0.15, -0.1) is 0 Å². The summed E-state index contributed by atoms with van der Waals surface area (Å²) in [6.45, 7) is 4.86. The number of aliphatic imine (C=N–C) groups is 1. The Bertz CT molecular complexity index is 291. The molecule has 0 saturated heterocycles. The van der Waals surface area contributed by atoms with Crippen LogP contribution in [-0.2, 0) is 0 Å². The Hall–Kier alpha value is -1.57. The van der Waals surface area contributed by atoms with E-state index in [0.717, 1.165) is 12.3 Å². The molecular formula is C8H15N5. The van der Waals surface area contributed by atoms with E-state index in [-0.39, 0.29) is 1.43 Å². The third kappa shape index (κ3) is 1.96. The zero-order valence-electron chi connectivity index (χ0n) is 8.07. The molecule has 1 aliphatic rings. The van der Waals surface area contributed by atoms with Crippen molar-refractivity contribution in [1.82, 2.24) is 10.3 Å². The summed E-state index contributed by atoms with van der Waals surface area (Å²) in [5, 5.41) is 16.9. The fraction of sp³-hybridized carbons (Fsp3) is 0.625. The van der Waals surface area contributed by atoms with Gasteiger partial charge in [0.25, 0.3) is 0 Å². The zero-order valence-corrected chi connectivity index (χ0v) is 8.07. The maximum absolute atomic E-state index is 8.44. The van der Waals surface area contributed by atoms with E-state index in [2.05, 4.69) is 22.3 Å². The molecule has 1 N–H and O–H groups in total. The summed E-state index contributed by atoms with van der Waals surface area (Å²) in [6, 6.07) is 0. The Morgan fingerprint density at radius 1 is 1.92 bits per heavy atom. The highest BCUT2D eigenvalue weighted by Crippen LogP contribution is 2.12. The largest absolute Gasteiger partial charge is 0.261 e. The Morgan fingerprint density at radius 3 is 3.00 bits per heavy atom. The normalized spacial score (nSPS) is 22.6. The highest BCUT2D eigenvalue weighted by molar-refractivity contribution is 5.90. The molecule has 0 fully saturated rings. The van der Waals surface area contributed by atoms with Crippen LogP contribution in [0.25, 0.3) is 0 Å². The number of rotatable bonds is 0. The molecule has 1 aliphatic heterocycles. The molecule has 0 radical (unpaired) electrons. The molecule has 0 spiro atoms. The van der Waals surface area contributed by atoms with Crippen LogP contribution < -0.4 is 5.32 Å². The van der Waals surface area contributed by atoms with Gasteiger partial charge in [-0.05, 0) is 6.92 Å². The van der Waals surface area contributed by atoms with E-state index in [9.17, 15) is 0 Å². The summed E-state index contributed by atoms with van der Waals surface area (Å²) < 4.78 is 0. The molecule has 0 aromatic heterocycles. The minimum Gasteiger partial charge on any atom is -0.261 e. The first kappa shape index (κ1) is 9.52. The molecule has 1 heterocycles. The molecular weight excluding hydrogens is 166 g/mol. The standard InChI is InChI=1S/C8H13N5.H2/c1-6-4-13(12-7(6)2)8(10-3)11-5-9;/h6H,4H2,1-3H3,(H,10,11);1H. The lowest BCUT2D eigenvalue weighted by molar-refractivity contribution is 0.444. The molecule has 1 rings (SSSR count). The third-order valence-corrected chi connectivity index (χ3v) is 2.06. The summed E-state index contributed by atoms with van der Waals surface area (Å²) >= 11 is 0. The fourth-order valence-electron chi connectivity index (χ4n) is 1.14. The van der Waals surface area contributed by atoms with Crippen molar-refractivity contribution in [2.24, 2.45) is 16.0 Å². The summed E-state index contributed by atoms with van der Waals surface area (Å²) in [6.07, 6.45) is 1.83. The second kappa shape index (κ2) is 3.90. The van der Waals surface area contributed by atoms with Crippen LogP contribution >= 0.6 is 0 Å². The van der Waals surface area contributed by atoms with Crippen LogP contribution in [0.15, 0.2) is 10.1 Å². The second-order valence-corrected chi connectivity index (χ2v) is 3.01. The molecule has 13 heavy (non-hydrogen) atoms. The number of hydrogen-bond donors (Lipinski definition) is 1. The highest BCUT2D eigenvalue weighted by atomic mass is 15.5. The van der Waals surface area contributed by atoms with Gasteiger partial charge in [-0.3, -0.25) is 10.3 Å². The van der Waals surface area contributed by atoms with Gasteiger partial charge in [-0.1, -0.05) is 6.92 Å². The first-order valence-corrected chi connectivity index (χ1v) is 4.13. The van der Waals surface area contributed by atoms with E-state index in [1.807, 2.05) is 13.1 Å². The Kier molecular flexibility index (Phi) is 2.85. The average Bonchev–Trinajstić information content (AvgIpc) is 2.43. The summed E-state index contributed by atoms with van der Waals surface area (Å²) in [5.74, 6) is 0.934. The predicted molar refractivity (Wildman–Crippen MR) is 53.2 cm³/mol. The predicted octanol–water partition coefficient (Wildman–Crippen LogP) is 0.616. The van der Waals surface area contributed by atoms with E-state index >= 15 is 0 Å². The lowest BCUT2D eigenvalue weighted by atomic mass is 10.1. The van der Waals surface area contributed by atoms with E-state index in [1.165, 1.54) is 0 Å². The van der Waals surface area contributed by atoms with Gasteiger partial charge in [0, 0.05) is 20.1 Å². The molecule has 1 unspecified atom stereocenters. The van der Waals surface area contributed by atoms with E-state index < -0.39 is 0 Å². The summed E-state index contributed by atoms with van der Waals surface area (Å²) in [5.41, 5.74) is 1.07. The molecule has 1 atom stereocenters. The molecule has 0 saturated carbocycles. The maximum atomic E-state index is 8.44. The van der Waals surface area contributed by atoms with Crippen LogP contribution in [0, 0.1) is 17.4 Å². The summed E-state index contributed by atoms with van der Waals surface area (Å²) in [4.78, 5) is 3.93. The molecule has 0 bridgehead atoms. The van der Waals surface area contributed by atoms with Crippen molar-refractivity contribution < 1.29 is 1.43 Å². The van der Waals surface area contributed by atoms with Crippen molar-refractivity contribution in [2.75, 3.05) is 13.6 Å². The first-order chi connectivity index (χ1) is 6.19. The van der Waals surface area contributed by atoms with Gasteiger partial charge in [-0.25, -0.2) is 5.01 Å². The van der Waals surface area contributed by atoms with Crippen LogP contribution in [0.5, 0.6) is 0 Å². The van der Waals surface area contributed by atoms with Crippen LogP contribution in [-0.4, -0.2) is 30.3 Å². The lowest BCUT2D eigenvalue weighted by Crippen LogP contribution is -2.35. The highest BCUT2D eigenvalue weighted by Gasteiger charge is 2.22. The van der Waals surface area contributed by atoms with E-state index in [1.54, 1.807) is 12.1 Å². The van der Waals surface area contributed by atoms with Gasteiger partial charge >= 0.3 is 0 Å². The number of nitrogens with one attached hydrogen (secondary N) is 1. The van der Waals surface area contributed by atoms with Gasteiger partial charge in [0.05, 0.1) is 6.54 Å². The van der Waals surface area contributed by atoms with Crippen LogP contribution in [0.1, 0.15) is 15.3 Å². The van der Waals surface area contributed by atoms with Crippen molar-refractivity contribution >= 4 is 11.7 Å². The van der Waals surface area contributed by atoms with Gasteiger partial charge in [0.2, 0.25) is 5.96 Å². The minimum atomic E-state index is 0. The summed E-state index contributed by atoms with van der Waals surface area (Å²) in [7, 11) is 1.63. The van der Waals surface area contributed by atoms with Crippen molar-refractivity contribution in [3.05, 3.63) is 0 Å². The smallest absolute Gasteiger partial charge is 0.227 e. The molecule has 5 heteroatoms. The number of hydrazone groups is 1. The molecule has 0 aromatic carbocycles. The number of nitrogens with zero attached hydrogens (tertiary/aromatic N) is 4. The number of guanidine groups is 1. The molecule has 5 nitrogen and oxygen atoms in total. The van der Waals surface area contributed by atoms with Crippen molar-refractivity contribution in [3.8, 4) is 6.19 Å². The van der Waals surface area contributed by atoms with Crippen molar-refractivity contribution in [1.29, 1.82) is 5.26 Å². The quantitative estimate of drug-likeness (QED) is 0.258. The Labute approximate surface area is 79.2 Å². The van der Waals surface area contributed by atoms with Gasteiger partial charge in [0.1, 0.15) is 0 Å². The third-order valence-electron chi connectivity index (χ3n) is 2.06. The lowest BCUT2D eigenvalue weighted by Gasteiger charge is -2.14.